The van der Waals surface area contributed by atoms with Gasteiger partial charge in [-0.25, -0.2) is 0 Å². The van der Waals surface area contributed by atoms with Gasteiger partial charge in [-0.2, -0.15) is 0 Å². The Morgan fingerprint density at radius 1 is 1.38 bits per heavy atom. The van der Waals surface area contributed by atoms with Gasteiger partial charge in [0, 0.05) is 23.0 Å². The largest absolute Gasteiger partial charge is 0.495 e. The molecule has 0 radical (unpaired) electrons. The average molecular weight is 311 g/mol. The lowest BCUT2D eigenvalue weighted by Crippen LogP contribution is -2.44. The number of anilines is 1. The molecular weight excluding hydrogens is 288 g/mol. The van der Waals surface area contributed by atoms with Crippen molar-refractivity contribution in [2.24, 2.45) is 5.73 Å². The summed E-state index contributed by atoms with van der Waals surface area (Å²) in [5.41, 5.74) is 7.50. The van der Waals surface area contributed by atoms with Crippen LogP contribution in [0, 0.1) is 6.92 Å². The van der Waals surface area contributed by atoms with E-state index in [-0.39, 0.29) is 11.4 Å². The van der Waals surface area contributed by atoms with Gasteiger partial charge in [-0.3, -0.25) is 4.79 Å². The zero-order valence-corrected chi connectivity index (χ0v) is 13.4. The molecule has 0 spiro atoms. The molecule has 116 valence electrons. The standard InChI is InChI=1S/C16H23ClN2O2/c1-11-8-13(14(21-2)9-12(11)17)19-15(20)10-16(18)6-4-3-5-7-16/h8-9H,3-7,10,18H2,1-2H3,(H,19,20). The van der Waals surface area contributed by atoms with Gasteiger partial charge in [0.05, 0.1) is 12.8 Å². The lowest BCUT2D eigenvalue weighted by atomic mass is 9.80. The summed E-state index contributed by atoms with van der Waals surface area (Å²) in [4.78, 5) is 12.3. The Hall–Kier alpha value is -1.26. The first-order chi connectivity index (χ1) is 9.93. The van der Waals surface area contributed by atoms with Gasteiger partial charge in [0.2, 0.25) is 5.91 Å². The van der Waals surface area contributed by atoms with Crippen molar-refractivity contribution in [1.29, 1.82) is 0 Å². The van der Waals surface area contributed by atoms with Crippen molar-refractivity contribution in [2.45, 2.75) is 51.0 Å². The average Bonchev–Trinajstić information content (AvgIpc) is 2.42. The lowest BCUT2D eigenvalue weighted by molar-refractivity contribution is -0.117. The summed E-state index contributed by atoms with van der Waals surface area (Å²) in [7, 11) is 1.56. The molecule has 0 atom stereocenters. The van der Waals surface area contributed by atoms with Gasteiger partial charge in [-0.15, -0.1) is 0 Å². The van der Waals surface area contributed by atoms with Crippen molar-refractivity contribution in [3.8, 4) is 5.75 Å². The maximum Gasteiger partial charge on any atom is 0.226 e. The van der Waals surface area contributed by atoms with Crippen molar-refractivity contribution in [3.05, 3.63) is 22.7 Å². The van der Waals surface area contributed by atoms with E-state index in [0.29, 0.717) is 22.9 Å². The van der Waals surface area contributed by atoms with Crippen LogP contribution in [0.25, 0.3) is 0 Å². The van der Waals surface area contributed by atoms with E-state index in [1.165, 1.54) is 6.42 Å². The minimum Gasteiger partial charge on any atom is -0.495 e. The van der Waals surface area contributed by atoms with Crippen molar-refractivity contribution in [1.82, 2.24) is 0 Å². The fourth-order valence-electron chi connectivity index (χ4n) is 2.88. The Kier molecular flexibility index (Phi) is 5.12. The Morgan fingerprint density at radius 2 is 2.05 bits per heavy atom. The first kappa shape index (κ1) is 16.1. The van der Waals surface area contributed by atoms with E-state index in [1.807, 2.05) is 13.0 Å². The van der Waals surface area contributed by atoms with E-state index in [4.69, 9.17) is 22.1 Å². The zero-order valence-electron chi connectivity index (χ0n) is 12.7. The van der Waals surface area contributed by atoms with E-state index in [9.17, 15) is 4.79 Å². The molecule has 0 aliphatic heterocycles. The van der Waals surface area contributed by atoms with Crippen molar-refractivity contribution >= 4 is 23.2 Å². The van der Waals surface area contributed by atoms with Gasteiger partial charge in [-0.05, 0) is 31.4 Å². The predicted molar refractivity (Wildman–Crippen MR) is 86.0 cm³/mol. The monoisotopic (exact) mass is 310 g/mol. The van der Waals surface area contributed by atoms with Crippen LogP contribution < -0.4 is 15.8 Å². The highest BCUT2D eigenvalue weighted by molar-refractivity contribution is 6.31. The number of hydrogen-bond acceptors (Lipinski definition) is 3. The van der Waals surface area contributed by atoms with Gasteiger partial charge in [0.25, 0.3) is 0 Å². The summed E-state index contributed by atoms with van der Waals surface area (Å²) in [6.45, 7) is 1.89. The Balaban J connectivity index is 2.07. The minimum absolute atomic E-state index is 0.0700. The SMILES string of the molecule is COc1cc(Cl)c(C)cc1NC(=O)CC1(N)CCCCC1. The third kappa shape index (κ3) is 4.11. The van der Waals surface area contributed by atoms with Crippen molar-refractivity contribution in [2.75, 3.05) is 12.4 Å². The van der Waals surface area contributed by atoms with Crippen LogP contribution in [-0.2, 0) is 4.79 Å². The van der Waals surface area contributed by atoms with Crippen LogP contribution in [-0.4, -0.2) is 18.6 Å². The number of nitrogens with two attached hydrogens (primary N) is 1. The number of nitrogens with one attached hydrogen (secondary N) is 1. The zero-order chi connectivity index (χ0) is 15.5. The molecule has 3 N–H and O–H groups in total. The van der Waals surface area contributed by atoms with Gasteiger partial charge in [0.1, 0.15) is 5.75 Å². The number of halogens is 1. The molecule has 2 rings (SSSR count). The van der Waals surface area contributed by atoms with Crippen molar-refractivity contribution < 1.29 is 9.53 Å². The second-order valence-electron chi connectivity index (χ2n) is 5.95. The van der Waals surface area contributed by atoms with E-state index >= 15 is 0 Å². The van der Waals surface area contributed by atoms with Crippen LogP contribution in [0.3, 0.4) is 0 Å². The van der Waals surface area contributed by atoms with E-state index < -0.39 is 0 Å². The smallest absolute Gasteiger partial charge is 0.226 e. The summed E-state index contributed by atoms with van der Waals surface area (Å²) in [5.74, 6) is 0.494. The number of carbonyl (C=O) groups is 1. The second kappa shape index (κ2) is 6.67. The Morgan fingerprint density at radius 3 is 2.67 bits per heavy atom. The van der Waals surface area contributed by atoms with Gasteiger partial charge in [0.15, 0.2) is 0 Å². The quantitative estimate of drug-likeness (QED) is 0.892. The number of hydrogen-bond donors (Lipinski definition) is 2. The molecule has 1 saturated carbocycles. The molecule has 21 heavy (non-hydrogen) atoms. The number of rotatable bonds is 4. The first-order valence-electron chi connectivity index (χ1n) is 7.36. The van der Waals surface area contributed by atoms with E-state index in [0.717, 1.165) is 31.2 Å². The molecule has 1 aliphatic rings. The van der Waals surface area contributed by atoms with E-state index in [2.05, 4.69) is 5.32 Å². The fourth-order valence-corrected chi connectivity index (χ4v) is 3.03. The fraction of sp³-hybridized carbons (Fsp3) is 0.562. The molecule has 5 heteroatoms. The van der Waals surface area contributed by atoms with Crippen molar-refractivity contribution in [3.63, 3.8) is 0 Å². The maximum absolute atomic E-state index is 12.3. The highest BCUT2D eigenvalue weighted by Crippen LogP contribution is 2.32. The Bertz CT molecular complexity index is 525. The van der Waals surface area contributed by atoms with Gasteiger partial charge in [-0.1, -0.05) is 30.9 Å². The summed E-state index contributed by atoms with van der Waals surface area (Å²) < 4.78 is 5.27. The number of aryl methyl sites for hydroxylation is 1. The third-order valence-corrected chi connectivity index (χ3v) is 4.52. The highest BCUT2D eigenvalue weighted by Gasteiger charge is 2.30. The molecule has 0 saturated heterocycles. The molecule has 0 heterocycles. The topological polar surface area (TPSA) is 64.3 Å². The molecule has 1 aromatic rings. The number of carbonyl (C=O) groups excluding carboxylic acids is 1. The number of methoxy groups -OCH3 is 1. The Labute approximate surface area is 131 Å². The lowest BCUT2D eigenvalue weighted by Gasteiger charge is -2.32. The number of ether oxygens (including phenoxy) is 1. The predicted octanol–water partition coefficient (Wildman–Crippen LogP) is 3.65. The normalized spacial score (nSPS) is 17.3. The van der Waals surface area contributed by atoms with Gasteiger partial charge >= 0.3 is 0 Å². The number of benzene rings is 1. The summed E-state index contributed by atoms with van der Waals surface area (Å²) in [6.07, 6.45) is 5.59. The van der Waals surface area contributed by atoms with Gasteiger partial charge < -0.3 is 15.8 Å². The summed E-state index contributed by atoms with van der Waals surface area (Å²) >= 11 is 6.07. The molecule has 1 amide bonds. The van der Waals surface area contributed by atoms with Crippen LogP contribution in [0.1, 0.15) is 44.1 Å². The first-order valence-corrected chi connectivity index (χ1v) is 7.74. The maximum atomic E-state index is 12.3. The minimum atomic E-state index is -0.364. The second-order valence-corrected chi connectivity index (χ2v) is 6.36. The van der Waals surface area contributed by atoms with Crippen LogP contribution in [0.5, 0.6) is 5.75 Å². The number of amides is 1. The molecule has 4 nitrogen and oxygen atoms in total. The molecular formula is C16H23ClN2O2. The molecule has 1 fully saturated rings. The van der Waals surface area contributed by atoms with Crippen LogP contribution in [0.2, 0.25) is 5.02 Å². The van der Waals surface area contributed by atoms with E-state index in [1.54, 1.807) is 13.2 Å². The molecule has 0 aromatic heterocycles. The molecule has 1 aliphatic carbocycles. The molecule has 1 aromatic carbocycles. The van der Waals surface area contributed by atoms with Crippen LogP contribution in [0.15, 0.2) is 12.1 Å². The summed E-state index contributed by atoms with van der Waals surface area (Å²) in [6, 6.07) is 3.54. The summed E-state index contributed by atoms with van der Waals surface area (Å²) in [5, 5.41) is 3.52. The van der Waals surface area contributed by atoms with Crippen LogP contribution in [0.4, 0.5) is 5.69 Å². The highest BCUT2D eigenvalue weighted by atomic mass is 35.5. The third-order valence-electron chi connectivity index (χ3n) is 4.12. The molecule has 0 unspecified atom stereocenters. The van der Waals surface area contributed by atoms with Crippen LogP contribution >= 0.6 is 11.6 Å². The molecule has 0 bridgehead atoms.